The van der Waals surface area contributed by atoms with Crippen LogP contribution in [0.25, 0.3) is 22.5 Å². The van der Waals surface area contributed by atoms with Crippen molar-refractivity contribution in [3.05, 3.63) is 72.2 Å². The summed E-state index contributed by atoms with van der Waals surface area (Å²) < 4.78 is 3.09. The van der Waals surface area contributed by atoms with Gasteiger partial charge in [-0.05, 0) is 40.2 Å². The highest BCUT2D eigenvalue weighted by Crippen LogP contribution is 2.26. The average Bonchev–Trinajstić information content (AvgIpc) is 3.37. The van der Waals surface area contributed by atoms with Crippen LogP contribution in [-0.2, 0) is 0 Å². The predicted octanol–water partition coefficient (Wildman–Crippen LogP) is 7.28. The van der Waals surface area contributed by atoms with E-state index in [1.807, 2.05) is 59.3 Å². The van der Waals surface area contributed by atoms with E-state index in [4.69, 9.17) is 5.73 Å². The molecular formula is C20H17Br3N4S2. The average molecular weight is 617 g/mol. The highest BCUT2D eigenvalue weighted by atomic mass is 79.9. The third kappa shape index (κ3) is 6.97. The van der Waals surface area contributed by atoms with Gasteiger partial charge in [-0.1, -0.05) is 56.1 Å². The molecule has 0 amide bonds. The van der Waals surface area contributed by atoms with Gasteiger partial charge in [-0.25, -0.2) is 9.97 Å². The molecule has 9 heteroatoms. The van der Waals surface area contributed by atoms with Crippen molar-refractivity contribution >= 4 is 75.6 Å². The summed E-state index contributed by atoms with van der Waals surface area (Å²) in [6.45, 7) is 1.38. The highest BCUT2D eigenvalue weighted by molar-refractivity contribution is 9.11. The number of nitrogens with one attached hydrogen (secondary N) is 1. The summed E-state index contributed by atoms with van der Waals surface area (Å²) in [5.74, 6) is 0. The number of hydrogen-bond donors (Lipinski definition) is 2. The third-order valence-corrected chi connectivity index (χ3v) is 6.90. The van der Waals surface area contributed by atoms with Crippen molar-refractivity contribution in [2.45, 2.75) is 0 Å². The van der Waals surface area contributed by atoms with Gasteiger partial charge in [0.15, 0.2) is 9.05 Å². The van der Waals surface area contributed by atoms with Crippen LogP contribution in [0.5, 0.6) is 0 Å². The van der Waals surface area contributed by atoms with Crippen molar-refractivity contribution in [3.63, 3.8) is 0 Å². The quantitative estimate of drug-likeness (QED) is 0.247. The van der Waals surface area contributed by atoms with Crippen molar-refractivity contribution in [2.24, 2.45) is 5.73 Å². The van der Waals surface area contributed by atoms with Crippen molar-refractivity contribution in [2.75, 3.05) is 18.4 Å². The van der Waals surface area contributed by atoms with Gasteiger partial charge in [0.25, 0.3) is 0 Å². The van der Waals surface area contributed by atoms with Gasteiger partial charge in [0, 0.05) is 43.9 Å². The minimum atomic E-state index is 0.618. The number of hydrogen-bond acceptors (Lipinski definition) is 6. The van der Waals surface area contributed by atoms with E-state index in [1.165, 1.54) is 0 Å². The molecule has 4 nitrogen and oxygen atoms in total. The zero-order valence-electron chi connectivity index (χ0n) is 15.1. The van der Waals surface area contributed by atoms with E-state index in [0.717, 1.165) is 47.1 Å². The van der Waals surface area contributed by atoms with Gasteiger partial charge >= 0.3 is 0 Å². The molecule has 4 aromatic rings. The van der Waals surface area contributed by atoms with Crippen LogP contribution < -0.4 is 11.1 Å². The Kier molecular flexibility index (Phi) is 8.83. The Labute approximate surface area is 203 Å². The molecule has 0 saturated carbocycles. The van der Waals surface area contributed by atoms with Crippen molar-refractivity contribution in [1.29, 1.82) is 0 Å². The number of nitrogens with zero attached hydrogens (tertiary/aromatic N) is 2. The van der Waals surface area contributed by atoms with Gasteiger partial charge in [0.1, 0.15) is 0 Å². The Morgan fingerprint density at radius 1 is 0.759 bits per heavy atom. The van der Waals surface area contributed by atoms with Gasteiger partial charge in [-0.3, -0.25) is 0 Å². The number of aromatic nitrogens is 2. The first-order valence-electron chi connectivity index (χ1n) is 8.57. The normalized spacial score (nSPS) is 10.3. The SMILES string of the molecule is Brc1ccc(-c2csc(Br)n2)cc1.NCCNc1nc(-c2ccc(Br)cc2)cs1. The molecule has 0 radical (unpaired) electrons. The van der Waals surface area contributed by atoms with Crippen molar-refractivity contribution < 1.29 is 0 Å². The zero-order valence-corrected chi connectivity index (χ0v) is 21.5. The fraction of sp³-hybridized carbons (Fsp3) is 0.100. The van der Waals surface area contributed by atoms with Crippen LogP contribution in [-0.4, -0.2) is 23.1 Å². The van der Waals surface area contributed by atoms with Crippen molar-refractivity contribution in [3.8, 4) is 22.5 Å². The Balaban J connectivity index is 0.000000169. The predicted molar refractivity (Wildman–Crippen MR) is 136 cm³/mol. The van der Waals surface area contributed by atoms with Crippen LogP contribution in [0.3, 0.4) is 0 Å². The van der Waals surface area contributed by atoms with E-state index in [0.29, 0.717) is 6.54 Å². The molecule has 0 aliphatic rings. The Bertz CT molecular complexity index is 1030. The van der Waals surface area contributed by atoms with Crippen LogP contribution in [0.15, 0.2) is 72.2 Å². The van der Waals surface area contributed by atoms with Crippen LogP contribution >= 0.6 is 70.5 Å². The molecule has 2 heterocycles. The van der Waals surface area contributed by atoms with E-state index in [9.17, 15) is 0 Å². The second kappa shape index (κ2) is 11.3. The molecule has 3 N–H and O–H groups in total. The fourth-order valence-corrected chi connectivity index (χ4v) is 4.59. The second-order valence-corrected chi connectivity index (χ2v) is 10.6. The Hall–Kier alpha value is -1.10. The molecule has 0 aliphatic carbocycles. The largest absolute Gasteiger partial charge is 0.360 e. The Morgan fingerprint density at radius 2 is 1.28 bits per heavy atom. The minimum Gasteiger partial charge on any atom is -0.360 e. The molecule has 0 fully saturated rings. The van der Waals surface area contributed by atoms with Crippen LogP contribution in [0.1, 0.15) is 0 Å². The summed E-state index contributed by atoms with van der Waals surface area (Å²) in [4.78, 5) is 8.81. The summed E-state index contributed by atoms with van der Waals surface area (Å²) in [6, 6.07) is 16.3. The van der Waals surface area contributed by atoms with Gasteiger partial charge < -0.3 is 11.1 Å². The second-order valence-electron chi connectivity index (χ2n) is 5.75. The summed E-state index contributed by atoms with van der Waals surface area (Å²) >= 11 is 13.3. The molecule has 29 heavy (non-hydrogen) atoms. The van der Waals surface area contributed by atoms with Gasteiger partial charge in [-0.2, -0.15) is 0 Å². The van der Waals surface area contributed by atoms with E-state index in [1.54, 1.807) is 22.7 Å². The summed E-state index contributed by atoms with van der Waals surface area (Å²) in [7, 11) is 0. The molecule has 0 saturated heterocycles. The zero-order chi connectivity index (χ0) is 20.6. The van der Waals surface area contributed by atoms with Crippen LogP contribution in [0.4, 0.5) is 5.13 Å². The molecule has 2 aromatic heterocycles. The maximum Gasteiger partial charge on any atom is 0.183 e. The van der Waals surface area contributed by atoms with Crippen LogP contribution in [0.2, 0.25) is 0 Å². The lowest BCUT2D eigenvalue weighted by atomic mass is 10.2. The topological polar surface area (TPSA) is 63.8 Å². The standard InChI is InChI=1S/C11H12BrN3S.C9H5Br2NS/c12-9-3-1-8(2-4-9)10-7-16-11(15-10)14-6-5-13;10-7-3-1-6(2-4-7)8-5-13-9(11)12-8/h1-4,7H,5-6,13H2,(H,14,15);1-5H. The summed E-state index contributed by atoms with van der Waals surface area (Å²) in [6.07, 6.45) is 0. The molecule has 0 spiro atoms. The Morgan fingerprint density at radius 3 is 1.76 bits per heavy atom. The lowest BCUT2D eigenvalue weighted by Gasteiger charge is -1.98. The lowest BCUT2D eigenvalue weighted by molar-refractivity contribution is 1.02. The first-order valence-corrected chi connectivity index (χ1v) is 12.7. The smallest absolute Gasteiger partial charge is 0.183 e. The third-order valence-electron chi connectivity index (χ3n) is 3.68. The molecule has 4 rings (SSSR count). The number of nitrogens with two attached hydrogens (primary N) is 1. The van der Waals surface area contributed by atoms with E-state index < -0.39 is 0 Å². The van der Waals surface area contributed by atoms with Crippen molar-refractivity contribution in [1.82, 2.24) is 9.97 Å². The summed E-state index contributed by atoms with van der Waals surface area (Å²) in [5, 5.41) is 8.17. The molecule has 0 bridgehead atoms. The minimum absolute atomic E-state index is 0.618. The lowest BCUT2D eigenvalue weighted by Crippen LogP contribution is -2.12. The first kappa shape index (κ1) is 22.6. The van der Waals surface area contributed by atoms with Crippen LogP contribution in [0, 0.1) is 0 Å². The molecule has 0 aliphatic heterocycles. The van der Waals surface area contributed by atoms with Gasteiger partial charge in [-0.15, -0.1) is 22.7 Å². The first-order chi connectivity index (χ1) is 14.0. The number of thiazole rings is 2. The number of rotatable bonds is 5. The van der Waals surface area contributed by atoms with E-state index >= 15 is 0 Å². The maximum atomic E-state index is 5.42. The molecular weight excluding hydrogens is 600 g/mol. The van der Waals surface area contributed by atoms with Gasteiger partial charge in [0.2, 0.25) is 0 Å². The summed E-state index contributed by atoms with van der Waals surface area (Å²) in [5.41, 5.74) is 9.70. The highest BCUT2D eigenvalue weighted by Gasteiger charge is 2.03. The molecule has 150 valence electrons. The number of halogens is 3. The molecule has 0 unspecified atom stereocenters. The fourth-order valence-electron chi connectivity index (χ4n) is 2.29. The number of anilines is 1. The molecule has 2 aromatic carbocycles. The van der Waals surface area contributed by atoms with E-state index in [2.05, 4.69) is 63.1 Å². The molecule has 0 atom stereocenters. The van der Waals surface area contributed by atoms with Gasteiger partial charge in [0.05, 0.1) is 11.4 Å². The maximum absolute atomic E-state index is 5.42. The van der Waals surface area contributed by atoms with E-state index in [-0.39, 0.29) is 0 Å². The monoisotopic (exact) mass is 614 g/mol. The number of benzene rings is 2.